The Kier molecular flexibility index (Phi) is 7.16. The summed E-state index contributed by atoms with van der Waals surface area (Å²) in [5.41, 5.74) is 0. The SMILES string of the molecule is COc1cccc(OC(C)C(=O)NCCCN2CCOCC2)c1. The Bertz CT molecular complexity index is 489. The zero-order valence-corrected chi connectivity index (χ0v) is 13.9. The Labute approximate surface area is 137 Å². The first-order chi connectivity index (χ1) is 11.2. The van der Waals surface area contributed by atoms with Crippen LogP contribution in [0, 0.1) is 0 Å². The van der Waals surface area contributed by atoms with Gasteiger partial charge < -0.3 is 19.5 Å². The number of methoxy groups -OCH3 is 1. The van der Waals surface area contributed by atoms with Gasteiger partial charge in [-0.15, -0.1) is 0 Å². The van der Waals surface area contributed by atoms with Crippen LogP contribution < -0.4 is 14.8 Å². The molecule has 1 fully saturated rings. The van der Waals surface area contributed by atoms with Crippen LogP contribution in [0.25, 0.3) is 0 Å². The Morgan fingerprint density at radius 2 is 2.09 bits per heavy atom. The third-order valence-electron chi connectivity index (χ3n) is 3.78. The van der Waals surface area contributed by atoms with Gasteiger partial charge in [-0.1, -0.05) is 6.07 Å². The molecular weight excluding hydrogens is 296 g/mol. The van der Waals surface area contributed by atoms with Gasteiger partial charge in [0.15, 0.2) is 6.10 Å². The zero-order chi connectivity index (χ0) is 16.5. The lowest BCUT2D eigenvalue weighted by Crippen LogP contribution is -2.40. The summed E-state index contributed by atoms with van der Waals surface area (Å²) < 4.78 is 16.1. The van der Waals surface area contributed by atoms with E-state index >= 15 is 0 Å². The second-order valence-electron chi connectivity index (χ2n) is 5.54. The fourth-order valence-corrected chi connectivity index (χ4v) is 2.41. The molecule has 1 saturated heterocycles. The first kappa shape index (κ1) is 17.6. The second-order valence-corrected chi connectivity index (χ2v) is 5.54. The molecule has 0 radical (unpaired) electrons. The molecule has 2 rings (SSSR count). The molecule has 6 nitrogen and oxygen atoms in total. The molecule has 1 heterocycles. The van der Waals surface area contributed by atoms with Crippen molar-refractivity contribution in [2.75, 3.05) is 46.5 Å². The smallest absolute Gasteiger partial charge is 0.260 e. The highest BCUT2D eigenvalue weighted by atomic mass is 16.5. The van der Waals surface area contributed by atoms with E-state index in [1.165, 1.54) is 0 Å². The molecule has 1 aliphatic heterocycles. The van der Waals surface area contributed by atoms with Crippen LogP contribution in [0.5, 0.6) is 11.5 Å². The van der Waals surface area contributed by atoms with Gasteiger partial charge in [0.25, 0.3) is 5.91 Å². The lowest BCUT2D eigenvalue weighted by Gasteiger charge is -2.26. The monoisotopic (exact) mass is 322 g/mol. The van der Waals surface area contributed by atoms with E-state index in [1.54, 1.807) is 20.1 Å². The third-order valence-corrected chi connectivity index (χ3v) is 3.78. The minimum atomic E-state index is -0.537. The fraction of sp³-hybridized carbons (Fsp3) is 0.588. The molecule has 1 aromatic rings. The maximum atomic E-state index is 12.1. The van der Waals surface area contributed by atoms with Gasteiger partial charge in [0.1, 0.15) is 11.5 Å². The highest BCUT2D eigenvalue weighted by Crippen LogP contribution is 2.19. The van der Waals surface area contributed by atoms with Crippen LogP contribution in [-0.4, -0.2) is 63.4 Å². The van der Waals surface area contributed by atoms with Crippen LogP contribution in [0.4, 0.5) is 0 Å². The Morgan fingerprint density at radius 1 is 1.35 bits per heavy atom. The molecule has 1 aromatic carbocycles. The number of nitrogens with zero attached hydrogens (tertiary/aromatic N) is 1. The minimum Gasteiger partial charge on any atom is -0.497 e. The fourth-order valence-electron chi connectivity index (χ4n) is 2.41. The van der Waals surface area contributed by atoms with Crippen molar-refractivity contribution in [3.63, 3.8) is 0 Å². The average Bonchev–Trinajstić information content (AvgIpc) is 2.59. The number of nitrogens with one attached hydrogen (secondary N) is 1. The predicted octanol–water partition coefficient (Wildman–Crippen LogP) is 1.30. The molecule has 0 aromatic heterocycles. The zero-order valence-electron chi connectivity index (χ0n) is 13.9. The van der Waals surface area contributed by atoms with E-state index in [9.17, 15) is 4.79 Å². The van der Waals surface area contributed by atoms with Crippen LogP contribution in [0.1, 0.15) is 13.3 Å². The summed E-state index contributed by atoms with van der Waals surface area (Å²) >= 11 is 0. The molecule has 0 bridgehead atoms. The molecule has 128 valence electrons. The van der Waals surface area contributed by atoms with Crippen molar-refractivity contribution >= 4 is 5.91 Å². The first-order valence-electron chi connectivity index (χ1n) is 8.07. The number of rotatable bonds is 8. The Hall–Kier alpha value is -1.79. The lowest BCUT2D eigenvalue weighted by atomic mass is 10.3. The number of hydrogen-bond donors (Lipinski definition) is 1. The third kappa shape index (κ3) is 6.08. The van der Waals surface area contributed by atoms with Crippen molar-refractivity contribution in [1.29, 1.82) is 0 Å². The van der Waals surface area contributed by atoms with Gasteiger partial charge in [-0.3, -0.25) is 9.69 Å². The summed E-state index contributed by atoms with van der Waals surface area (Å²) in [6, 6.07) is 7.25. The molecule has 0 aliphatic carbocycles. The van der Waals surface area contributed by atoms with Crippen LogP contribution in [-0.2, 0) is 9.53 Å². The number of benzene rings is 1. The van der Waals surface area contributed by atoms with Gasteiger partial charge >= 0.3 is 0 Å². The van der Waals surface area contributed by atoms with E-state index in [2.05, 4.69) is 10.2 Å². The summed E-state index contributed by atoms with van der Waals surface area (Å²) in [6.07, 6.45) is 0.392. The largest absolute Gasteiger partial charge is 0.497 e. The van der Waals surface area contributed by atoms with Crippen molar-refractivity contribution in [3.05, 3.63) is 24.3 Å². The maximum Gasteiger partial charge on any atom is 0.260 e. The summed E-state index contributed by atoms with van der Waals surface area (Å²) in [6.45, 7) is 6.94. The van der Waals surface area contributed by atoms with E-state index in [-0.39, 0.29) is 5.91 Å². The minimum absolute atomic E-state index is 0.102. The van der Waals surface area contributed by atoms with Crippen molar-refractivity contribution in [3.8, 4) is 11.5 Å². The number of morpholine rings is 1. The molecule has 0 spiro atoms. The summed E-state index contributed by atoms with van der Waals surface area (Å²) in [7, 11) is 1.60. The average molecular weight is 322 g/mol. The molecular formula is C17H26N2O4. The van der Waals surface area contributed by atoms with E-state index < -0.39 is 6.10 Å². The highest BCUT2D eigenvalue weighted by molar-refractivity contribution is 5.80. The Balaban J connectivity index is 1.65. The molecule has 1 atom stereocenters. The summed E-state index contributed by atoms with van der Waals surface area (Å²) in [5, 5.41) is 2.92. The van der Waals surface area contributed by atoms with E-state index in [0.717, 1.165) is 39.3 Å². The standard InChI is InChI=1S/C17H26N2O4/c1-14(23-16-6-3-5-15(13-16)21-2)17(20)18-7-4-8-19-9-11-22-12-10-19/h3,5-6,13-14H,4,7-12H2,1-2H3,(H,18,20). The van der Waals surface area contributed by atoms with Gasteiger partial charge in [0.2, 0.25) is 0 Å². The molecule has 6 heteroatoms. The molecule has 1 unspecified atom stereocenters. The lowest BCUT2D eigenvalue weighted by molar-refractivity contribution is -0.127. The normalized spacial score (nSPS) is 16.6. The Morgan fingerprint density at radius 3 is 2.83 bits per heavy atom. The van der Waals surface area contributed by atoms with Gasteiger partial charge in [0, 0.05) is 25.7 Å². The molecule has 0 saturated carbocycles. The summed E-state index contributed by atoms with van der Waals surface area (Å²) in [4.78, 5) is 14.4. The van der Waals surface area contributed by atoms with Gasteiger partial charge in [-0.25, -0.2) is 0 Å². The van der Waals surface area contributed by atoms with Crippen LogP contribution >= 0.6 is 0 Å². The van der Waals surface area contributed by atoms with Crippen LogP contribution in [0.15, 0.2) is 24.3 Å². The summed E-state index contributed by atoms with van der Waals surface area (Å²) in [5.74, 6) is 1.23. The quantitative estimate of drug-likeness (QED) is 0.731. The number of carbonyl (C=O) groups excluding carboxylic acids is 1. The van der Waals surface area contributed by atoms with E-state index in [1.807, 2.05) is 18.2 Å². The predicted molar refractivity (Wildman–Crippen MR) is 88.0 cm³/mol. The first-order valence-corrected chi connectivity index (χ1v) is 8.07. The van der Waals surface area contributed by atoms with Crippen LogP contribution in [0.2, 0.25) is 0 Å². The molecule has 23 heavy (non-hydrogen) atoms. The number of hydrogen-bond acceptors (Lipinski definition) is 5. The van der Waals surface area contributed by atoms with Gasteiger partial charge in [-0.2, -0.15) is 0 Å². The molecule has 1 aliphatic rings. The second kappa shape index (κ2) is 9.37. The molecule has 1 N–H and O–H groups in total. The van der Waals surface area contributed by atoms with Crippen molar-refractivity contribution in [2.45, 2.75) is 19.4 Å². The number of amides is 1. The van der Waals surface area contributed by atoms with Crippen molar-refractivity contribution < 1.29 is 19.0 Å². The highest BCUT2D eigenvalue weighted by Gasteiger charge is 2.15. The van der Waals surface area contributed by atoms with Gasteiger partial charge in [-0.05, 0) is 32.0 Å². The maximum absolute atomic E-state index is 12.1. The number of carbonyl (C=O) groups is 1. The van der Waals surface area contributed by atoms with E-state index in [0.29, 0.717) is 18.0 Å². The van der Waals surface area contributed by atoms with Gasteiger partial charge in [0.05, 0.1) is 20.3 Å². The van der Waals surface area contributed by atoms with Crippen LogP contribution in [0.3, 0.4) is 0 Å². The molecule has 1 amide bonds. The van der Waals surface area contributed by atoms with Crippen molar-refractivity contribution in [2.24, 2.45) is 0 Å². The topological polar surface area (TPSA) is 60.0 Å². The number of ether oxygens (including phenoxy) is 3. The van der Waals surface area contributed by atoms with Crippen molar-refractivity contribution in [1.82, 2.24) is 10.2 Å². The van der Waals surface area contributed by atoms with E-state index in [4.69, 9.17) is 14.2 Å².